The molecule has 180 valence electrons. The van der Waals surface area contributed by atoms with Crippen LogP contribution in [0.5, 0.6) is 0 Å². The molecule has 0 N–H and O–H groups in total. The molecule has 2 saturated heterocycles. The summed E-state index contributed by atoms with van der Waals surface area (Å²) >= 11 is 1.25. The number of esters is 1. The summed E-state index contributed by atoms with van der Waals surface area (Å²) in [5.41, 5.74) is 3.62. The van der Waals surface area contributed by atoms with Gasteiger partial charge in [0.05, 0.1) is 23.9 Å². The third-order valence-corrected chi connectivity index (χ3v) is 7.85. The minimum absolute atomic E-state index is 0.199. The van der Waals surface area contributed by atoms with E-state index in [2.05, 4.69) is 0 Å². The van der Waals surface area contributed by atoms with E-state index in [4.69, 9.17) is 9.57 Å². The Morgan fingerprint density at radius 1 is 1.00 bits per heavy atom. The van der Waals surface area contributed by atoms with E-state index in [-0.39, 0.29) is 18.1 Å². The van der Waals surface area contributed by atoms with Crippen molar-refractivity contribution in [3.8, 4) is 0 Å². The van der Waals surface area contributed by atoms with Crippen LogP contribution in [0.3, 0.4) is 0 Å². The number of hydroxylamine groups is 1. The summed E-state index contributed by atoms with van der Waals surface area (Å²) in [5, 5.41) is 2.00. The minimum atomic E-state index is -0.995. The Morgan fingerprint density at radius 2 is 1.69 bits per heavy atom. The van der Waals surface area contributed by atoms with Crippen molar-refractivity contribution < 1.29 is 24.0 Å². The van der Waals surface area contributed by atoms with Gasteiger partial charge < -0.3 is 4.74 Å². The number of carbonyl (C=O) groups is 3. The van der Waals surface area contributed by atoms with Gasteiger partial charge in [-0.2, -0.15) is 0 Å². The first kappa shape index (κ1) is 23.3. The first-order chi connectivity index (χ1) is 16.8. The molecule has 5 rings (SSSR count). The highest BCUT2D eigenvalue weighted by Crippen LogP contribution is 2.50. The molecule has 0 saturated carbocycles. The van der Waals surface area contributed by atoms with Gasteiger partial charge >= 0.3 is 5.97 Å². The van der Waals surface area contributed by atoms with Crippen molar-refractivity contribution in [2.75, 3.05) is 16.6 Å². The molecule has 0 spiro atoms. The van der Waals surface area contributed by atoms with Crippen molar-refractivity contribution in [3.63, 3.8) is 0 Å². The van der Waals surface area contributed by atoms with Gasteiger partial charge in [0.1, 0.15) is 10.9 Å². The molecule has 2 amide bonds. The standard InChI is InChI=1S/C27H26N2O5S/c1-5-33-27(32)20-16(3)17(4)35-26(20)28-24(30)21-22(18-12-7-6-8-13-18)29(34-23(21)25(28)31)19-14-10-9-11-15(19)2/h6-14,21-23H,5H2,1-4H3/t21-,22-,23+/m1/s1. The van der Waals surface area contributed by atoms with Gasteiger partial charge in [-0.3, -0.25) is 14.4 Å². The zero-order valence-electron chi connectivity index (χ0n) is 20.0. The van der Waals surface area contributed by atoms with Gasteiger partial charge in [0.15, 0.2) is 6.10 Å². The number of benzene rings is 2. The Bertz CT molecular complexity index is 1320. The van der Waals surface area contributed by atoms with Crippen LogP contribution < -0.4 is 9.96 Å². The molecule has 1 aromatic heterocycles. The van der Waals surface area contributed by atoms with Gasteiger partial charge in [0.25, 0.3) is 5.91 Å². The number of hydrogen-bond donors (Lipinski definition) is 0. The number of nitrogens with zero attached hydrogens (tertiary/aromatic N) is 2. The predicted octanol–water partition coefficient (Wildman–Crippen LogP) is 4.90. The topological polar surface area (TPSA) is 76.2 Å². The van der Waals surface area contributed by atoms with Crippen LogP contribution >= 0.6 is 11.3 Å². The number of carbonyl (C=O) groups excluding carboxylic acids is 3. The molecule has 0 unspecified atom stereocenters. The van der Waals surface area contributed by atoms with Crippen LogP contribution in [0.15, 0.2) is 54.6 Å². The fourth-order valence-corrected chi connectivity index (χ4v) is 5.99. The zero-order chi connectivity index (χ0) is 24.9. The van der Waals surface area contributed by atoms with Crippen LogP contribution in [0.2, 0.25) is 0 Å². The summed E-state index contributed by atoms with van der Waals surface area (Å²) < 4.78 is 5.24. The lowest BCUT2D eigenvalue weighted by molar-refractivity contribution is -0.126. The van der Waals surface area contributed by atoms with E-state index in [0.717, 1.165) is 26.6 Å². The van der Waals surface area contributed by atoms with E-state index in [1.165, 1.54) is 11.3 Å². The first-order valence-corrected chi connectivity index (χ1v) is 12.4. The van der Waals surface area contributed by atoms with Crippen molar-refractivity contribution in [3.05, 3.63) is 81.7 Å². The minimum Gasteiger partial charge on any atom is -0.462 e. The number of rotatable bonds is 5. The monoisotopic (exact) mass is 490 g/mol. The van der Waals surface area contributed by atoms with Crippen molar-refractivity contribution in [2.24, 2.45) is 5.92 Å². The zero-order valence-corrected chi connectivity index (χ0v) is 20.8. The van der Waals surface area contributed by atoms with Crippen LogP contribution in [0.1, 0.15) is 44.9 Å². The van der Waals surface area contributed by atoms with Crippen LogP contribution in [0.25, 0.3) is 0 Å². The molecular weight excluding hydrogens is 464 g/mol. The highest BCUT2D eigenvalue weighted by molar-refractivity contribution is 7.17. The Morgan fingerprint density at radius 3 is 2.37 bits per heavy atom. The van der Waals surface area contributed by atoms with Crippen molar-refractivity contribution in [1.82, 2.24) is 0 Å². The Hall–Kier alpha value is -3.49. The lowest BCUT2D eigenvalue weighted by Gasteiger charge is -2.29. The second kappa shape index (κ2) is 8.94. The third-order valence-electron chi connectivity index (χ3n) is 6.66. The molecule has 3 heterocycles. The lowest BCUT2D eigenvalue weighted by atomic mass is 9.90. The fourth-order valence-electron chi connectivity index (χ4n) is 4.83. The van der Waals surface area contributed by atoms with E-state index in [1.807, 2.05) is 68.4 Å². The van der Waals surface area contributed by atoms with Gasteiger partial charge in [-0.1, -0.05) is 48.5 Å². The van der Waals surface area contributed by atoms with Crippen LogP contribution in [0.4, 0.5) is 10.7 Å². The van der Waals surface area contributed by atoms with Crippen LogP contribution in [-0.2, 0) is 19.2 Å². The number of anilines is 2. The maximum absolute atomic E-state index is 13.9. The highest BCUT2D eigenvalue weighted by Gasteiger charge is 2.61. The molecule has 2 aliphatic rings. The van der Waals surface area contributed by atoms with Gasteiger partial charge in [0, 0.05) is 4.88 Å². The van der Waals surface area contributed by atoms with Gasteiger partial charge in [-0.15, -0.1) is 11.3 Å². The molecule has 3 aromatic rings. The van der Waals surface area contributed by atoms with Crippen molar-refractivity contribution >= 4 is 39.8 Å². The molecule has 2 fully saturated rings. The lowest BCUT2D eigenvalue weighted by Crippen LogP contribution is -2.38. The number of para-hydroxylation sites is 1. The molecule has 0 radical (unpaired) electrons. The maximum Gasteiger partial charge on any atom is 0.341 e. The maximum atomic E-state index is 13.9. The molecular formula is C27H26N2O5S. The average molecular weight is 491 g/mol. The summed E-state index contributed by atoms with van der Waals surface area (Å²) in [7, 11) is 0. The Labute approximate surface area is 207 Å². The van der Waals surface area contributed by atoms with Gasteiger partial charge in [-0.25, -0.2) is 14.8 Å². The van der Waals surface area contributed by atoms with E-state index >= 15 is 0 Å². The van der Waals surface area contributed by atoms with E-state index < -0.39 is 29.9 Å². The first-order valence-electron chi connectivity index (χ1n) is 11.6. The number of hydrogen-bond acceptors (Lipinski definition) is 7. The molecule has 7 nitrogen and oxygen atoms in total. The van der Waals surface area contributed by atoms with Crippen molar-refractivity contribution in [1.29, 1.82) is 0 Å². The predicted molar refractivity (Wildman–Crippen MR) is 133 cm³/mol. The second-order valence-electron chi connectivity index (χ2n) is 8.72. The largest absolute Gasteiger partial charge is 0.462 e. The second-order valence-corrected chi connectivity index (χ2v) is 9.92. The van der Waals surface area contributed by atoms with Crippen LogP contribution in [0, 0.1) is 26.7 Å². The number of ether oxygens (including phenoxy) is 1. The molecule has 35 heavy (non-hydrogen) atoms. The van der Waals surface area contributed by atoms with Crippen LogP contribution in [-0.4, -0.2) is 30.5 Å². The molecule has 3 atom stereocenters. The summed E-state index contributed by atoms with van der Waals surface area (Å²) in [6.45, 7) is 7.55. The summed E-state index contributed by atoms with van der Waals surface area (Å²) in [6, 6.07) is 16.8. The number of amides is 2. The molecule has 8 heteroatoms. The summed E-state index contributed by atoms with van der Waals surface area (Å²) in [4.78, 5) is 48.7. The molecule has 2 aliphatic heterocycles. The number of fused-ring (bicyclic) bond motifs is 1. The highest BCUT2D eigenvalue weighted by atomic mass is 32.1. The third kappa shape index (κ3) is 3.64. The van der Waals surface area contributed by atoms with E-state index in [1.54, 1.807) is 18.9 Å². The fraction of sp³-hybridized carbons (Fsp3) is 0.296. The average Bonchev–Trinajstić information content (AvgIpc) is 3.45. The van der Waals surface area contributed by atoms with E-state index in [9.17, 15) is 14.4 Å². The smallest absolute Gasteiger partial charge is 0.341 e. The molecule has 2 aromatic carbocycles. The Kier molecular flexibility index (Phi) is 5.94. The Balaban J connectivity index is 1.60. The number of imide groups is 1. The normalized spacial score (nSPS) is 21.5. The summed E-state index contributed by atoms with van der Waals surface area (Å²) in [6.07, 6.45) is -0.995. The van der Waals surface area contributed by atoms with E-state index in [0.29, 0.717) is 10.6 Å². The van der Waals surface area contributed by atoms with Gasteiger partial charge in [-0.05, 0) is 50.5 Å². The quantitative estimate of drug-likeness (QED) is 0.374. The van der Waals surface area contributed by atoms with Gasteiger partial charge in [0.2, 0.25) is 5.91 Å². The SMILES string of the molecule is CCOC(=O)c1c(N2C(=O)[C@H]3[C@H](ON(c4ccccc4C)[C@@H]3c3ccccc3)C2=O)sc(C)c1C. The van der Waals surface area contributed by atoms with Crippen molar-refractivity contribution in [2.45, 2.75) is 39.8 Å². The molecule has 0 bridgehead atoms. The number of thiophene rings is 1. The molecule has 0 aliphatic carbocycles. The summed E-state index contributed by atoms with van der Waals surface area (Å²) in [5.74, 6) is -2.15. The number of aryl methyl sites for hydroxylation is 2.